The van der Waals surface area contributed by atoms with Crippen molar-refractivity contribution in [3.05, 3.63) is 23.8 Å². The number of aliphatic imine (C=N–C) groups is 1. The number of ether oxygens (including phenoxy) is 5. The molecule has 330 valence electrons. The zero-order valence-corrected chi connectivity index (χ0v) is 36.4. The van der Waals surface area contributed by atoms with Crippen LogP contribution in [0.15, 0.2) is 23.2 Å². The van der Waals surface area contributed by atoms with Gasteiger partial charge < -0.3 is 44.5 Å². The second-order valence-corrected chi connectivity index (χ2v) is 17.5. The lowest BCUT2D eigenvalue weighted by molar-refractivity contribution is -0.298. The van der Waals surface area contributed by atoms with E-state index >= 15 is 0 Å². The zero-order chi connectivity index (χ0) is 43.6. The lowest BCUT2D eigenvalue weighted by atomic mass is 9.73. The Balaban J connectivity index is 1.63. The summed E-state index contributed by atoms with van der Waals surface area (Å²) in [5, 5.41) is 31.8. The summed E-state index contributed by atoms with van der Waals surface area (Å²) in [6, 6.07) is 4.62. The number of ketones is 1. The molecule has 5 rings (SSSR count). The van der Waals surface area contributed by atoms with Crippen LogP contribution in [0.1, 0.15) is 87.1 Å². The van der Waals surface area contributed by atoms with Crippen molar-refractivity contribution < 1.29 is 53.1 Å². The number of hydroxylamine groups is 1. The molecule has 3 aliphatic heterocycles. The molecule has 1 unspecified atom stereocenters. The summed E-state index contributed by atoms with van der Waals surface area (Å²) in [5.74, 6) is -4.87. The van der Waals surface area contributed by atoms with Crippen LogP contribution >= 0.6 is 0 Å². The van der Waals surface area contributed by atoms with Crippen LogP contribution in [0.25, 0.3) is 10.9 Å². The van der Waals surface area contributed by atoms with Crippen LogP contribution in [-0.4, -0.2) is 136 Å². The Hall–Kier alpha value is -3.39. The molecule has 0 spiro atoms. The van der Waals surface area contributed by atoms with E-state index in [1.807, 2.05) is 64.9 Å². The molecule has 0 radical (unpaired) electrons. The fourth-order valence-corrected chi connectivity index (χ4v) is 9.12. The normalized spacial score (nSPS) is 38.8. The van der Waals surface area contributed by atoms with Crippen LogP contribution in [0.4, 0.5) is 5.82 Å². The van der Waals surface area contributed by atoms with Gasteiger partial charge in [0.05, 0.1) is 55.3 Å². The lowest BCUT2D eigenvalue weighted by Gasteiger charge is -2.47. The molecule has 14 atom stereocenters. The van der Waals surface area contributed by atoms with Crippen molar-refractivity contribution in [1.82, 2.24) is 20.6 Å². The number of hydrogen-bond acceptors (Lipinski definition) is 15. The SMILES string of the molecule is CC[C@H]1OC(=O)[C@H](C)C(=O)[C@H](C)[C@@H](O[C@@H]2O[C@H](C)C[C@H](N(C)C)[C@H]2O)[C@@]2(C)C[C@@H](C)C(=NC(C)=O)[C@H](C)[C@@H](OCC(NOCc3ccc4[nH]nc(N)c4c3)CO2)[C@]1(C)O. The van der Waals surface area contributed by atoms with Crippen molar-refractivity contribution in [2.75, 3.05) is 33.0 Å². The maximum Gasteiger partial charge on any atom is 0.316 e. The number of rotatable bonds is 8. The Kier molecular flexibility index (Phi) is 15.1. The second kappa shape index (κ2) is 19.1. The van der Waals surface area contributed by atoms with E-state index in [9.17, 15) is 24.6 Å². The van der Waals surface area contributed by atoms with Gasteiger partial charge in [-0.3, -0.25) is 24.3 Å². The number of nitrogens with two attached hydrogens (primary N) is 1. The van der Waals surface area contributed by atoms with Crippen molar-refractivity contribution >= 4 is 40.1 Å². The molecule has 3 aliphatic rings. The highest BCUT2D eigenvalue weighted by molar-refractivity contribution is 6.00. The van der Waals surface area contributed by atoms with Gasteiger partial charge in [-0.15, -0.1) is 0 Å². The number of aromatic nitrogens is 2. The fourth-order valence-electron chi connectivity index (χ4n) is 9.12. The number of benzene rings is 1. The molecule has 0 saturated carbocycles. The molecular weight excluding hydrogens is 764 g/mol. The number of hydrogen-bond donors (Lipinski definition) is 5. The van der Waals surface area contributed by atoms with Crippen LogP contribution in [-0.2, 0) is 49.5 Å². The standard InChI is InChI=1S/C42H66N6O11/c1-12-32-42(9,53)37-23(4)33(44-26(7)49)21(2)17-41(8,55-20-28(19-54-37)47-56-18-27-13-14-30-29(16-27)38(43)46-45-30)36(24(5)34(50)25(6)39(52)58-32)59-40-35(51)31(48(10)11)15-22(3)57-40/h13-14,16,21-25,28,31-32,35-37,40,47,51,53H,12,15,17-20H2,1-11H3,(H3,43,45,46)/t21-,22-,23+,24+,25-,28?,31+,32-,35-,36-,37-,40+,41-,42-/m1/s1. The number of aromatic amines is 1. The molecule has 4 heterocycles. The molecule has 1 amide bonds. The largest absolute Gasteiger partial charge is 0.459 e. The molecule has 17 heteroatoms. The quantitative estimate of drug-likeness (QED) is 0.146. The predicted molar refractivity (Wildman–Crippen MR) is 219 cm³/mol. The molecule has 1 aromatic carbocycles. The highest BCUT2D eigenvalue weighted by Gasteiger charge is 2.53. The van der Waals surface area contributed by atoms with Gasteiger partial charge in [0.2, 0.25) is 5.91 Å². The topological polar surface area (TPSA) is 229 Å². The number of fused-ring (bicyclic) bond motifs is 6. The van der Waals surface area contributed by atoms with Gasteiger partial charge in [-0.1, -0.05) is 33.8 Å². The first kappa shape index (κ1) is 46.7. The van der Waals surface area contributed by atoms with Gasteiger partial charge in [-0.2, -0.15) is 10.6 Å². The number of carbonyl (C=O) groups excluding carboxylic acids is 3. The summed E-state index contributed by atoms with van der Waals surface area (Å²) in [5.41, 5.74) is 7.97. The van der Waals surface area contributed by atoms with E-state index in [1.54, 1.807) is 13.8 Å². The molecule has 17 nitrogen and oxygen atoms in total. The molecule has 59 heavy (non-hydrogen) atoms. The number of nitrogens with one attached hydrogen (secondary N) is 2. The maximum absolute atomic E-state index is 14.5. The lowest BCUT2D eigenvalue weighted by Crippen LogP contribution is -2.60. The number of likely N-dealkylation sites (N-methyl/N-ethyl adjacent to an activating group) is 1. The maximum atomic E-state index is 14.5. The second-order valence-electron chi connectivity index (χ2n) is 17.5. The van der Waals surface area contributed by atoms with Crippen LogP contribution in [0.3, 0.4) is 0 Å². The summed E-state index contributed by atoms with van der Waals surface area (Å²) in [6.07, 6.45) is -4.99. The van der Waals surface area contributed by atoms with Crippen molar-refractivity contribution in [1.29, 1.82) is 0 Å². The number of nitrogen functional groups attached to an aromatic ring is 1. The third-order valence-electron chi connectivity index (χ3n) is 12.4. The first-order valence-corrected chi connectivity index (χ1v) is 20.7. The minimum atomic E-state index is -1.83. The minimum absolute atomic E-state index is 0.0485. The van der Waals surface area contributed by atoms with E-state index < -0.39 is 89.3 Å². The molecule has 3 saturated heterocycles. The number of amides is 1. The molecule has 0 aliphatic carbocycles. The Morgan fingerprint density at radius 1 is 1.14 bits per heavy atom. The van der Waals surface area contributed by atoms with Crippen molar-refractivity contribution in [3.8, 4) is 0 Å². The summed E-state index contributed by atoms with van der Waals surface area (Å²) in [6.45, 7) is 15.2. The summed E-state index contributed by atoms with van der Waals surface area (Å²) >= 11 is 0. The monoisotopic (exact) mass is 830 g/mol. The highest BCUT2D eigenvalue weighted by atomic mass is 16.7. The zero-order valence-electron chi connectivity index (χ0n) is 36.4. The molecule has 2 bridgehead atoms. The van der Waals surface area contributed by atoms with Crippen LogP contribution < -0.4 is 11.2 Å². The van der Waals surface area contributed by atoms with Gasteiger partial charge in [0.25, 0.3) is 0 Å². The number of aliphatic hydroxyl groups excluding tert-OH is 1. The number of aliphatic hydroxyl groups is 2. The minimum Gasteiger partial charge on any atom is -0.459 e. The van der Waals surface area contributed by atoms with E-state index in [0.717, 1.165) is 16.5 Å². The van der Waals surface area contributed by atoms with Gasteiger partial charge in [0.1, 0.15) is 23.7 Å². The number of cyclic esters (lactones) is 1. The van der Waals surface area contributed by atoms with Gasteiger partial charge in [0, 0.05) is 35.9 Å². The van der Waals surface area contributed by atoms with Crippen LogP contribution in [0.2, 0.25) is 0 Å². The van der Waals surface area contributed by atoms with Crippen LogP contribution in [0, 0.1) is 23.7 Å². The van der Waals surface area contributed by atoms with E-state index in [0.29, 0.717) is 18.0 Å². The van der Waals surface area contributed by atoms with Crippen molar-refractivity contribution in [2.45, 2.75) is 148 Å². The van der Waals surface area contributed by atoms with E-state index in [4.69, 9.17) is 34.3 Å². The summed E-state index contributed by atoms with van der Waals surface area (Å²) in [7, 11) is 3.74. The van der Waals surface area contributed by atoms with Gasteiger partial charge >= 0.3 is 5.97 Å². The van der Waals surface area contributed by atoms with Crippen molar-refractivity contribution in [2.24, 2.45) is 28.7 Å². The van der Waals surface area contributed by atoms with Gasteiger partial charge in [-0.05, 0) is 84.7 Å². The van der Waals surface area contributed by atoms with Gasteiger partial charge in [-0.25, -0.2) is 4.99 Å². The van der Waals surface area contributed by atoms with Gasteiger partial charge in [0.15, 0.2) is 17.9 Å². The molecule has 1 aromatic heterocycles. The van der Waals surface area contributed by atoms with E-state index in [2.05, 4.69) is 20.7 Å². The Morgan fingerprint density at radius 2 is 1.85 bits per heavy atom. The Bertz CT molecular complexity index is 1820. The number of carbonyl (C=O) groups is 3. The number of Topliss-reactive ketones (excluding diaryl/α,β-unsaturated/α-hetero) is 1. The average molecular weight is 831 g/mol. The number of nitrogens with zero attached hydrogens (tertiary/aromatic N) is 3. The highest BCUT2D eigenvalue weighted by Crippen LogP contribution is 2.40. The first-order valence-electron chi connectivity index (χ1n) is 20.7. The Labute approximate surface area is 347 Å². The molecular formula is C42H66N6O11. The predicted octanol–water partition coefficient (Wildman–Crippen LogP) is 3.10. The smallest absolute Gasteiger partial charge is 0.316 e. The summed E-state index contributed by atoms with van der Waals surface area (Å²) < 4.78 is 32.6. The van der Waals surface area contributed by atoms with E-state index in [1.165, 1.54) is 20.8 Å². The molecule has 6 N–H and O–H groups in total. The van der Waals surface area contributed by atoms with E-state index in [-0.39, 0.29) is 44.8 Å². The third kappa shape index (κ3) is 10.4. The molecule has 2 aromatic rings. The Morgan fingerprint density at radius 3 is 2.51 bits per heavy atom. The third-order valence-corrected chi connectivity index (χ3v) is 12.4. The number of H-pyrrole nitrogens is 1. The number of anilines is 1. The fraction of sp³-hybridized carbons (Fsp3) is 0.738. The molecule has 3 fully saturated rings. The van der Waals surface area contributed by atoms with Crippen molar-refractivity contribution in [3.63, 3.8) is 0 Å². The average Bonchev–Trinajstić information content (AvgIpc) is 3.54. The summed E-state index contributed by atoms with van der Waals surface area (Å²) in [4.78, 5) is 53.7. The number of esters is 1. The first-order chi connectivity index (χ1) is 27.7. The van der Waals surface area contributed by atoms with Crippen LogP contribution in [0.5, 0.6) is 0 Å².